The van der Waals surface area contributed by atoms with Crippen LogP contribution in [0, 0.1) is 0 Å². The Morgan fingerprint density at radius 3 is 1.65 bits per heavy atom. The number of allylic oxidation sites excluding steroid dienone is 1. The topological polar surface area (TPSA) is 14.1 Å². The van der Waals surface area contributed by atoms with Crippen molar-refractivity contribution in [1.82, 2.24) is 4.67 Å². The van der Waals surface area contributed by atoms with Gasteiger partial charge in [0.15, 0.2) is 0 Å². The fourth-order valence-electron chi connectivity index (χ4n) is 2.47. The van der Waals surface area contributed by atoms with E-state index in [-0.39, 0.29) is 5.92 Å². The Kier molecular flexibility index (Phi) is 5.01. The van der Waals surface area contributed by atoms with Crippen molar-refractivity contribution < 1.29 is 0 Å². The SMILES string of the molecule is C(=CC(c1ccccc1)c1ccccc1)=[N+]=Cc1ccccc1. The van der Waals surface area contributed by atoms with Crippen LogP contribution in [-0.2, 0) is 0 Å². The lowest BCUT2D eigenvalue weighted by molar-refractivity contribution is 1.03. The van der Waals surface area contributed by atoms with E-state index in [0.717, 1.165) is 5.56 Å². The molecule has 110 valence electrons. The first kappa shape index (κ1) is 14.8. The van der Waals surface area contributed by atoms with Gasteiger partial charge in [-0.25, -0.2) is 0 Å². The summed E-state index contributed by atoms with van der Waals surface area (Å²) in [5, 5.41) is 0. The minimum absolute atomic E-state index is 0.158. The van der Waals surface area contributed by atoms with E-state index >= 15 is 0 Å². The maximum absolute atomic E-state index is 4.30. The van der Waals surface area contributed by atoms with Crippen molar-refractivity contribution in [2.75, 3.05) is 0 Å². The van der Waals surface area contributed by atoms with Crippen LogP contribution in [0.5, 0.6) is 0 Å². The standard InChI is InChI=1S/C22H18N/c1-4-10-19(11-5-1)18-23-17-16-22(20-12-6-2-7-13-20)21-14-8-3-9-15-21/h1-16,18,22H/q+1. The lowest BCUT2D eigenvalue weighted by Gasteiger charge is -2.11. The first-order chi connectivity index (χ1) is 11.4. The van der Waals surface area contributed by atoms with Crippen molar-refractivity contribution in [3.8, 4) is 0 Å². The van der Waals surface area contributed by atoms with Crippen molar-refractivity contribution in [2.45, 2.75) is 5.92 Å². The van der Waals surface area contributed by atoms with Gasteiger partial charge < -0.3 is 0 Å². The molecule has 0 N–H and O–H groups in total. The zero-order valence-electron chi connectivity index (χ0n) is 12.8. The number of nitrogens with zero attached hydrogens (tertiary/aromatic N) is 1. The number of hydrogen-bond acceptors (Lipinski definition) is 0. The highest BCUT2D eigenvalue weighted by Crippen LogP contribution is 2.24. The molecule has 0 bridgehead atoms. The normalized spacial score (nSPS) is 9.78. The molecule has 23 heavy (non-hydrogen) atoms. The average molecular weight is 296 g/mol. The highest BCUT2D eigenvalue weighted by molar-refractivity contribution is 5.80. The number of benzene rings is 3. The lowest BCUT2D eigenvalue weighted by Crippen LogP contribution is -1.97. The van der Waals surface area contributed by atoms with Gasteiger partial charge in [-0.15, -0.1) is 0 Å². The van der Waals surface area contributed by atoms with Crippen molar-refractivity contribution in [3.05, 3.63) is 114 Å². The zero-order chi connectivity index (χ0) is 15.7. The second kappa shape index (κ2) is 7.77. The van der Waals surface area contributed by atoms with E-state index in [1.807, 2.05) is 54.8 Å². The van der Waals surface area contributed by atoms with Gasteiger partial charge >= 0.3 is 12.1 Å². The van der Waals surface area contributed by atoms with E-state index in [2.05, 4.69) is 59.1 Å². The van der Waals surface area contributed by atoms with Gasteiger partial charge in [-0.3, -0.25) is 0 Å². The first-order valence-electron chi connectivity index (χ1n) is 7.70. The zero-order valence-corrected chi connectivity index (χ0v) is 12.8. The predicted molar refractivity (Wildman–Crippen MR) is 98.0 cm³/mol. The Balaban J connectivity index is 1.94. The van der Waals surface area contributed by atoms with E-state index in [4.69, 9.17) is 0 Å². The van der Waals surface area contributed by atoms with Gasteiger partial charge in [0.1, 0.15) is 0 Å². The van der Waals surface area contributed by atoms with Crippen molar-refractivity contribution >= 4 is 12.1 Å². The van der Waals surface area contributed by atoms with Gasteiger partial charge in [-0.05, 0) is 27.9 Å². The van der Waals surface area contributed by atoms with Crippen LogP contribution < -0.4 is 4.67 Å². The van der Waals surface area contributed by atoms with Crippen molar-refractivity contribution in [1.29, 1.82) is 0 Å². The van der Waals surface area contributed by atoms with Crippen LogP contribution in [0.25, 0.3) is 0 Å². The number of hydrogen-bond donors (Lipinski definition) is 0. The van der Waals surface area contributed by atoms with E-state index < -0.39 is 0 Å². The summed E-state index contributed by atoms with van der Waals surface area (Å²) in [4.78, 5) is 0. The van der Waals surface area contributed by atoms with Crippen LogP contribution in [0.4, 0.5) is 0 Å². The van der Waals surface area contributed by atoms with Gasteiger partial charge in [0.25, 0.3) is 0 Å². The Hall–Kier alpha value is -3.11. The molecule has 0 atom stereocenters. The van der Waals surface area contributed by atoms with Crippen LogP contribution in [0.3, 0.4) is 0 Å². The summed E-state index contributed by atoms with van der Waals surface area (Å²) in [5.41, 5.74) is 3.55. The maximum Gasteiger partial charge on any atom is 0.313 e. The molecule has 1 heteroatoms. The summed E-state index contributed by atoms with van der Waals surface area (Å²) in [6, 6.07) is 30.9. The van der Waals surface area contributed by atoms with E-state index in [0.29, 0.717) is 0 Å². The first-order valence-corrected chi connectivity index (χ1v) is 7.70. The van der Waals surface area contributed by atoms with Gasteiger partial charge in [-0.1, -0.05) is 78.9 Å². The summed E-state index contributed by atoms with van der Waals surface area (Å²) >= 11 is 0. The molecule has 0 aliphatic rings. The lowest BCUT2D eigenvalue weighted by atomic mass is 9.91. The molecule has 3 rings (SSSR count). The molecule has 0 spiro atoms. The smallest absolute Gasteiger partial charge is 0.0622 e. The molecule has 0 radical (unpaired) electrons. The monoisotopic (exact) mass is 296 g/mol. The molecule has 3 aromatic carbocycles. The molecule has 0 heterocycles. The maximum atomic E-state index is 4.30. The second-order valence-electron chi connectivity index (χ2n) is 5.26. The summed E-state index contributed by atoms with van der Waals surface area (Å²) < 4.78 is 4.30. The minimum atomic E-state index is 0.158. The van der Waals surface area contributed by atoms with Gasteiger partial charge in [-0.2, -0.15) is 0 Å². The van der Waals surface area contributed by atoms with E-state index in [1.165, 1.54) is 11.1 Å². The minimum Gasteiger partial charge on any atom is -0.0622 e. The molecule has 0 saturated carbocycles. The number of rotatable bonds is 4. The van der Waals surface area contributed by atoms with Crippen LogP contribution in [0.1, 0.15) is 22.6 Å². The Bertz CT molecular complexity index is 783. The van der Waals surface area contributed by atoms with Crippen LogP contribution in [-0.4, -0.2) is 12.1 Å². The van der Waals surface area contributed by atoms with Gasteiger partial charge in [0, 0.05) is 5.92 Å². The molecule has 0 fully saturated rings. The molecule has 0 amide bonds. The molecular weight excluding hydrogens is 278 g/mol. The third-order valence-electron chi connectivity index (χ3n) is 3.65. The van der Waals surface area contributed by atoms with Crippen LogP contribution in [0.2, 0.25) is 0 Å². The summed E-state index contributed by atoms with van der Waals surface area (Å²) in [5.74, 6) is 3.23. The molecule has 0 aliphatic heterocycles. The molecule has 3 aromatic rings. The molecule has 0 aliphatic carbocycles. The molecule has 0 saturated heterocycles. The summed E-state index contributed by atoms with van der Waals surface area (Å²) in [6.07, 6.45) is 3.84. The third-order valence-corrected chi connectivity index (χ3v) is 3.65. The largest absolute Gasteiger partial charge is 0.313 e. The van der Waals surface area contributed by atoms with Gasteiger partial charge in [0.05, 0.1) is 11.6 Å². The Labute approximate surface area is 137 Å². The Morgan fingerprint density at radius 2 is 1.13 bits per heavy atom. The summed E-state index contributed by atoms with van der Waals surface area (Å²) in [6.45, 7) is 0. The quantitative estimate of drug-likeness (QED) is 0.505. The van der Waals surface area contributed by atoms with Gasteiger partial charge in [0.2, 0.25) is 0 Å². The second-order valence-corrected chi connectivity index (χ2v) is 5.26. The molecule has 1 nitrogen and oxygen atoms in total. The fourth-order valence-corrected chi connectivity index (χ4v) is 2.47. The third kappa shape index (κ3) is 4.18. The highest BCUT2D eigenvalue weighted by atomic mass is 14.5. The van der Waals surface area contributed by atoms with E-state index in [9.17, 15) is 0 Å². The summed E-state index contributed by atoms with van der Waals surface area (Å²) in [7, 11) is 0. The van der Waals surface area contributed by atoms with Crippen molar-refractivity contribution in [3.63, 3.8) is 0 Å². The molecule has 0 aromatic heterocycles. The fraction of sp³-hybridized carbons (Fsp3) is 0.0455. The highest BCUT2D eigenvalue weighted by Gasteiger charge is 2.11. The van der Waals surface area contributed by atoms with Crippen molar-refractivity contribution in [2.24, 2.45) is 0 Å². The average Bonchev–Trinajstić information content (AvgIpc) is 2.64. The Morgan fingerprint density at radius 1 is 0.652 bits per heavy atom. The predicted octanol–water partition coefficient (Wildman–Crippen LogP) is 4.23. The molecule has 0 unspecified atom stereocenters. The van der Waals surface area contributed by atoms with E-state index in [1.54, 1.807) is 0 Å². The molecular formula is C22H18N+. The van der Waals surface area contributed by atoms with Crippen LogP contribution >= 0.6 is 0 Å². The van der Waals surface area contributed by atoms with Crippen LogP contribution in [0.15, 0.2) is 97.1 Å².